The number of aromatic nitrogens is 2. The molecule has 2 rings (SSSR count). The van der Waals surface area contributed by atoms with Crippen LogP contribution in [0, 0.1) is 0 Å². The number of rotatable bonds is 5. The van der Waals surface area contributed by atoms with E-state index in [0.717, 1.165) is 28.8 Å². The van der Waals surface area contributed by atoms with Crippen molar-refractivity contribution in [3.8, 4) is 10.6 Å². The van der Waals surface area contributed by atoms with Crippen LogP contribution in [-0.4, -0.2) is 9.97 Å². The lowest BCUT2D eigenvalue weighted by molar-refractivity contribution is 0.580. The van der Waals surface area contributed by atoms with E-state index in [9.17, 15) is 0 Å². The molecule has 0 fully saturated rings. The van der Waals surface area contributed by atoms with Crippen LogP contribution in [0.5, 0.6) is 0 Å². The highest BCUT2D eigenvalue weighted by molar-refractivity contribution is 9.10. The molecule has 0 saturated carbocycles. The fraction of sp³-hybridized carbons (Fsp3) is 0.417. The maximum absolute atomic E-state index is 6.08. The summed E-state index contributed by atoms with van der Waals surface area (Å²) in [6, 6.07) is 2.10. The topological polar surface area (TPSA) is 54.7 Å². The molecular formula is C12H16BrN3S. The Labute approximate surface area is 114 Å². The van der Waals surface area contributed by atoms with Gasteiger partial charge >= 0.3 is 0 Å². The van der Waals surface area contributed by atoms with Crippen LogP contribution in [0.15, 0.2) is 22.1 Å². The number of nitrogens with zero attached hydrogens (tertiary/aromatic N) is 1. The second-order valence-electron chi connectivity index (χ2n) is 4.06. The van der Waals surface area contributed by atoms with Crippen molar-refractivity contribution in [2.24, 2.45) is 5.73 Å². The van der Waals surface area contributed by atoms with Crippen molar-refractivity contribution in [2.45, 2.75) is 32.2 Å². The van der Waals surface area contributed by atoms with E-state index in [2.05, 4.69) is 44.3 Å². The monoisotopic (exact) mass is 313 g/mol. The third-order valence-electron chi connectivity index (χ3n) is 2.65. The van der Waals surface area contributed by atoms with Gasteiger partial charge in [-0.3, -0.25) is 0 Å². The lowest BCUT2D eigenvalue weighted by Gasteiger charge is -2.06. The van der Waals surface area contributed by atoms with Gasteiger partial charge in [-0.15, -0.1) is 11.3 Å². The average molecular weight is 314 g/mol. The van der Waals surface area contributed by atoms with Gasteiger partial charge in [0.15, 0.2) is 0 Å². The van der Waals surface area contributed by atoms with Crippen molar-refractivity contribution >= 4 is 27.3 Å². The number of nitrogens with two attached hydrogens (primary N) is 1. The van der Waals surface area contributed by atoms with Crippen LogP contribution in [0.3, 0.4) is 0 Å². The Kier molecular flexibility index (Phi) is 4.36. The summed E-state index contributed by atoms with van der Waals surface area (Å²) in [4.78, 5) is 8.85. The molecule has 2 heterocycles. The number of hydrogen-bond acceptors (Lipinski definition) is 3. The molecule has 1 unspecified atom stereocenters. The predicted octanol–water partition coefficient (Wildman–Crippen LogP) is 4.09. The minimum absolute atomic E-state index is 0.0205. The molecule has 2 aromatic rings. The van der Waals surface area contributed by atoms with Gasteiger partial charge in [0.1, 0.15) is 5.82 Å². The van der Waals surface area contributed by atoms with Crippen molar-refractivity contribution in [1.82, 2.24) is 9.97 Å². The van der Waals surface area contributed by atoms with Crippen LogP contribution in [0.1, 0.15) is 38.1 Å². The van der Waals surface area contributed by atoms with Crippen LogP contribution >= 0.6 is 27.3 Å². The molecular weight excluding hydrogens is 298 g/mol. The summed E-state index contributed by atoms with van der Waals surface area (Å²) in [7, 11) is 0. The number of unbranched alkanes of at least 4 members (excludes halogenated alkanes) is 1. The fourth-order valence-corrected chi connectivity index (χ4v) is 3.06. The molecule has 1 atom stereocenters. The molecule has 17 heavy (non-hydrogen) atoms. The van der Waals surface area contributed by atoms with E-state index in [0.29, 0.717) is 0 Å². The van der Waals surface area contributed by atoms with Crippen molar-refractivity contribution in [3.63, 3.8) is 0 Å². The number of nitrogens with one attached hydrogen (secondary N) is 1. The first-order valence-corrected chi connectivity index (χ1v) is 7.43. The number of imidazole rings is 1. The second kappa shape index (κ2) is 5.80. The lowest BCUT2D eigenvalue weighted by atomic mass is 10.1. The molecule has 0 aromatic carbocycles. The summed E-state index contributed by atoms with van der Waals surface area (Å²) in [6.07, 6.45) is 5.15. The van der Waals surface area contributed by atoms with E-state index in [4.69, 9.17) is 5.73 Å². The Balaban J connectivity index is 2.10. The lowest BCUT2D eigenvalue weighted by Crippen LogP contribution is -2.11. The van der Waals surface area contributed by atoms with Crippen molar-refractivity contribution in [3.05, 3.63) is 27.9 Å². The molecule has 0 aliphatic rings. The second-order valence-corrected chi connectivity index (χ2v) is 5.89. The summed E-state index contributed by atoms with van der Waals surface area (Å²) < 4.78 is 1.10. The molecule has 3 nitrogen and oxygen atoms in total. The van der Waals surface area contributed by atoms with Crippen LogP contribution in [-0.2, 0) is 0 Å². The molecule has 0 bridgehead atoms. The largest absolute Gasteiger partial charge is 0.340 e. The van der Waals surface area contributed by atoms with Gasteiger partial charge in [-0.25, -0.2) is 4.98 Å². The van der Waals surface area contributed by atoms with E-state index in [1.807, 2.05) is 6.20 Å². The zero-order chi connectivity index (χ0) is 12.3. The van der Waals surface area contributed by atoms with Crippen LogP contribution in [0.25, 0.3) is 10.6 Å². The molecule has 3 N–H and O–H groups in total. The first-order chi connectivity index (χ1) is 8.20. The average Bonchev–Trinajstić information content (AvgIpc) is 2.93. The van der Waals surface area contributed by atoms with Gasteiger partial charge in [-0.05, 0) is 28.4 Å². The minimum Gasteiger partial charge on any atom is -0.340 e. The highest BCUT2D eigenvalue weighted by atomic mass is 79.9. The van der Waals surface area contributed by atoms with Crippen molar-refractivity contribution in [1.29, 1.82) is 0 Å². The normalized spacial score (nSPS) is 12.9. The molecule has 0 saturated heterocycles. The maximum atomic E-state index is 6.08. The third-order valence-corrected chi connectivity index (χ3v) is 4.37. The first-order valence-electron chi connectivity index (χ1n) is 5.75. The smallest absolute Gasteiger partial charge is 0.123 e. The zero-order valence-electron chi connectivity index (χ0n) is 9.74. The quantitative estimate of drug-likeness (QED) is 0.873. The summed E-state index contributed by atoms with van der Waals surface area (Å²) in [5, 5.41) is 2.06. The first kappa shape index (κ1) is 12.8. The Morgan fingerprint density at radius 1 is 1.59 bits per heavy atom. The zero-order valence-corrected chi connectivity index (χ0v) is 12.1. The summed E-state index contributed by atoms with van der Waals surface area (Å²) in [5.74, 6) is 0.887. The summed E-state index contributed by atoms with van der Waals surface area (Å²) in [5.41, 5.74) is 7.12. The van der Waals surface area contributed by atoms with Gasteiger partial charge in [0, 0.05) is 9.85 Å². The van der Waals surface area contributed by atoms with Gasteiger partial charge in [0.25, 0.3) is 0 Å². The Morgan fingerprint density at radius 3 is 3.06 bits per heavy atom. The highest BCUT2D eigenvalue weighted by Gasteiger charge is 2.11. The Hall–Kier alpha value is -0.650. The number of halogens is 1. The minimum atomic E-state index is 0.0205. The van der Waals surface area contributed by atoms with Crippen LogP contribution in [0.4, 0.5) is 0 Å². The number of hydrogen-bond donors (Lipinski definition) is 2. The Bertz CT molecular complexity index is 478. The molecule has 0 spiro atoms. The van der Waals surface area contributed by atoms with Gasteiger partial charge in [-0.2, -0.15) is 0 Å². The van der Waals surface area contributed by atoms with Crippen LogP contribution < -0.4 is 5.73 Å². The van der Waals surface area contributed by atoms with E-state index in [1.165, 1.54) is 11.3 Å². The number of aromatic amines is 1. The fourth-order valence-electron chi connectivity index (χ4n) is 1.67. The van der Waals surface area contributed by atoms with Crippen molar-refractivity contribution in [2.75, 3.05) is 0 Å². The van der Waals surface area contributed by atoms with E-state index < -0.39 is 0 Å². The summed E-state index contributed by atoms with van der Waals surface area (Å²) in [6.45, 7) is 2.17. The Morgan fingerprint density at radius 2 is 2.41 bits per heavy atom. The number of thiophene rings is 1. The third kappa shape index (κ3) is 3.18. The van der Waals surface area contributed by atoms with Gasteiger partial charge in [0.2, 0.25) is 0 Å². The van der Waals surface area contributed by atoms with E-state index >= 15 is 0 Å². The molecule has 0 radical (unpaired) electrons. The molecule has 0 aliphatic carbocycles. The molecule has 2 aromatic heterocycles. The predicted molar refractivity (Wildman–Crippen MR) is 76.1 cm³/mol. The standard InChI is InChI=1S/C12H16BrN3S/c1-2-3-4-9(14)12-15-6-10(16-12)11-5-8(13)7-17-11/h5-7,9H,2-4,14H2,1H3,(H,15,16). The van der Waals surface area contributed by atoms with Crippen LogP contribution in [0.2, 0.25) is 0 Å². The molecule has 0 amide bonds. The van der Waals surface area contributed by atoms with Crippen molar-refractivity contribution < 1.29 is 0 Å². The van der Waals surface area contributed by atoms with E-state index in [-0.39, 0.29) is 6.04 Å². The summed E-state index contributed by atoms with van der Waals surface area (Å²) >= 11 is 5.14. The SMILES string of the molecule is CCCCC(N)c1ncc(-c2cc(Br)cs2)[nH]1. The molecule has 0 aliphatic heterocycles. The van der Waals surface area contributed by atoms with Gasteiger partial charge in [-0.1, -0.05) is 19.8 Å². The molecule has 5 heteroatoms. The molecule has 92 valence electrons. The van der Waals surface area contributed by atoms with Gasteiger partial charge in [0.05, 0.1) is 22.8 Å². The highest BCUT2D eigenvalue weighted by Crippen LogP contribution is 2.29. The number of H-pyrrole nitrogens is 1. The van der Waals surface area contributed by atoms with E-state index in [1.54, 1.807) is 11.3 Å². The maximum Gasteiger partial charge on any atom is 0.123 e. The van der Waals surface area contributed by atoms with Gasteiger partial charge < -0.3 is 10.7 Å².